The lowest BCUT2D eigenvalue weighted by atomic mass is 9.89. The topological polar surface area (TPSA) is 9.72 Å². The molecule has 2 atom stereocenters. The molecule has 80 valence electrons. The van der Waals surface area contributed by atoms with Crippen molar-refractivity contribution in [1.82, 2.24) is 14.1 Å². The van der Waals surface area contributed by atoms with Crippen molar-refractivity contribution in [2.75, 3.05) is 33.2 Å². The number of nitrogens with zero attached hydrogens (tertiary/aromatic N) is 3. The SMILES string of the molecule is CN1CC2CCC1CN2C1CN(S)C1. The molecule has 14 heavy (non-hydrogen) atoms. The van der Waals surface area contributed by atoms with Crippen LogP contribution >= 0.6 is 12.8 Å². The predicted octanol–water partition coefficient (Wildman–Crippen LogP) is 0.294. The molecular weight excluding hydrogens is 194 g/mol. The smallest absolute Gasteiger partial charge is 0.0373 e. The van der Waals surface area contributed by atoms with E-state index in [1.165, 1.54) is 25.9 Å². The van der Waals surface area contributed by atoms with E-state index in [0.29, 0.717) is 0 Å². The summed E-state index contributed by atoms with van der Waals surface area (Å²) in [4.78, 5) is 5.28. The summed E-state index contributed by atoms with van der Waals surface area (Å²) >= 11 is 4.35. The summed E-state index contributed by atoms with van der Waals surface area (Å²) in [6, 6.07) is 2.46. The molecule has 3 nitrogen and oxygen atoms in total. The lowest BCUT2D eigenvalue weighted by Crippen LogP contribution is -2.68. The van der Waals surface area contributed by atoms with Crippen LogP contribution < -0.4 is 0 Å². The van der Waals surface area contributed by atoms with Gasteiger partial charge in [0.1, 0.15) is 0 Å². The molecule has 0 spiro atoms. The second-order valence-electron chi connectivity index (χ2n) is 5.05. The fourth-order valence-corrected chi connectivity index (χ4v) is 3.54. The minimum absolute atomic E-state index is 0.800. The number of hydrogen-bond donors (Lipinski definition) is 1. The summed E-state index contributed by atoms with van der Waals surface area (Å²) < 4.78 is 2.12. The fourth-order valence-electron chi connectivity index (χ4n) is 3.16. The summed E-state index contributed by atoms with van der Waals surface area (Å²) in [6.45, 7) is 4.91. The maximum atomic E-state index is 4.35. The quantitative estimate of drug-likeness (QED) is 0.628. The molecule has 4 heteroatoms. The molecule has 4 heterocycles. The number of fused-ring (bicyclic) bond motifs is 3. The van der Waals surface area contributed by atoms with Crippen LogP contribution in [0.5, 0.6) is 0 Å². The largest absolute Gasteiger partial charge is 0.301 e. The third-order valence-electron chi connectivity index (χ3n) is 4.16. The first-order valence-electron chi connectivity index (χ1n) is 5.64. The number of rotatable bonds is 1. The van der Waals surface area contributed by atoms with E-state index >= 15 is 0 Å². The van der Waals surface area contributed by atoms with E-state index in [0.717, 1.165) is 31.2 Å². The number of hydrogen-bond acceptors (Lipinski definition) is 4. The van der Waals surface area contributed by atoms with Gasteiger partial charge in [0, 0.05) is 44.3 Å². The van der Waals surface area contributed by atoms with E-state index in [1.807, 2.05) is 0 Å². The Labute approximate surface area is 91.6 Å². The molecule has 4 fully saturated rings. The van der Waals surface area contributed by atoms with Crippen molar-refractivity contribution in [2.24, 2.45) is 0 Å². The highest BCUT2D eigenvalue weighted by atomic mass is 32.1. The Morgan fingerprint density at radius 3 is 2.14 bits per heavy atom. The van der Waals surface area contributed by atoms with Crippen molar-refractivity contribution < 1.29 is 0 Å². The third-order valence-corrected chi connectivity index (χ3v) is 4.48. The minimum atomic E-state index is 0.800. The number of likely N-dealkylation sites (N-methyl/N-ethyl adjacent to an activating group) is 1. The number of piperazine rings is 1. The molecule has 4 aliphatic heterocycles. The first kappa shape index (κ1) is 9.46. The van der Waals surface area contributed by atoms with Gasteiger partial charge in [0.2, 0.25) is 0 Å². The van der Waals surface area contributed by atoms with Gasteiger partial charge in [0.25, 0.3) is 0 Å². The van der Waals surface area contributed by atoms with Gasteiger partial charge in [-0.05, 0) is 19.9 Å². The minimum Gasteiger partial charge on any atom is -0.301 e. The summed E-state index contributed by atoms with van der Waals surface area (Å²) in [5, 5.41) is 0. The van der Waals surface area contributed by atoms with Crippen LogP contribution in [0.25, 0.3) is 0 Å². The van der Waals surface area contributed by atoms with Crippen molar-refractivity contribution >= 4 is 12.8 Å². The second-order valence-corrected chi connectivity index (χ2v) is 5.61. The van der Waals surface area contributed by atoms with Gasteiger partial charge in [-0.3, -0.25) is 9.21 Å². The normalized spacial score (nSPS) is 41.6. The van der Waals surface area contributed by atoms with E-state index < -0.39 is 0 Å². The highest BCUT2D eigenvalue weighted by Crippen LogP contribution is 2.31. The Balaban J connectivity index is 1.66. The molecular formula is C10H19N3S. The maximum absolute atomic E-state index is 4.35. The van der Waals surface area contributed by atoms with Crippen LogP contribution in [0.3, 0.4) is 0 Å². The molecule has 0 saturated carbocycles. The molecule has 4 aliphatic rings. The van der Waals surface area contributed by atoms with Crippen LogP contribution in [-0.4, -0.2) is 65.5 Å². The molecule has 0 aromatic rings. The molecule has 0 N–H and O–H groups in total. The van der Waals surface area contributed by atoms with Crippen molar-refractivity contribution in [3.8, 4) is 0 Å². The van der Waals surface area contributed by atoms with Crippen LogP contribution in [0.2, 0.25) is 0 Å². The fraction of sp³-hybridized carbons (Fsp3) is 1.00. The molecule has 4 saturated heterocycles. The summed E-state index contributed by atoms with van der Waals surface area (Å²) in [5.41, 5.74) is 0. The maximum Gasteiger partial charge on any atom is 0.0373 e. The summed E-state index contributed by atoms with van der Waals surface area (Å²) in [6.07, 6.45) is 2.83. The Kier molecular flexibility index (Phi) is 2.28. The molecule has 2 bridgehead atoms. The van der Waals surface area contributed by atoms with Crippen LogP contribution in [-0.2, 0) is 0 Å². The van der Waals surface area contributed by atoms with Crippen LogP contribution in [0.15, 0.2) is 0 Å². The lowest BCUT2D eigenvalue weighted by Gasteiger charge is -2.56. The van der Waals surface area contributed by atoms with Crippen LogP contribution in [0.1, 0.15) is 12.8 Å². The Morgan fingerprint density at radius 1 is 0.929 bits per heavy atom. The summed E-state index contributed by atoms with van der Waals surface area (Å²) in [7, 11) is 2.28. The Morgan fingerprint density at radius 2 is 1.64 bits per heavy atom. The summed E-state index contributed by atoms with van der Waals surface area (Å²) in [5.74, 6) is 0. The zero-order chi connectivity index (χ0) is 9.71. The van der Waals surface area contributed by atoms with E-state index in [2.05, 4.69) is 34.0 Å². The van der Waals surface area contributed by atoms with Gasteiger partial charge in [-0.15, -0.1) is 0 Å². The zero-order valence-corrected chi connectivity index (χ0v) is 9.66. The predicted molar refractivity (Wildman–Crippen MR) is 60.5 cm³/mol. The van der Waals surface area contributed by atoms with Crippen molar-refractivity contribution in [3.63, 3.8) is 0 Å². The van der Waals surface area contributed by atoms with Crippen LogP contribution in [0, 0.1) is 0 Å². The average molecular weight is 213 g/mol. The second kappa shape index (κ2) is 3.37. The Bertz CT molecular complexity index is 229. The Hall–Kier alpha value is 0.230. The van der Waals surface area contributed by atoms with Gasteiger partial charge in [-0.2, -0.15) is 0 Å². The van der Waals surface area contributed by atoms with E-state index in [1.54, 1.807) is 0 Å². The van der Waals surface area contributed by atoms with Crippen molar-refractivity contribution in [1.29, 1.82) is 0 Å². The lowest BCUT2D eigenvalue weighted by molar-refractivity contribution is -0.0552. The highest BCUT2D eigenvalue weighted by molar-refractivity contribution is 7.77. The van der Waals surface area contributed by atoms with Gasteiger partial charge in [0.05, 0.1) is 0 Å². The van der Waals surface area contributed by atoms with Gasteiger partial charge in [-0.1, -0.05) is 12.8 Å². The zero-order valence-electron chi connectivity index (χ0n) is 8.76. The average Bonchev–Trinajstić information content (AvgIpc) is 2.14. The van der Waals surface area contributed by atoms with Gasteiger partial charge >= 0.3 is 0 Å². The first-order chi connectivity index (χ1) is 6.74. The van der Waals surface area contributed by atoms with Crippen molar-refractivity contribution in [3.05, 3.63) is 0 Å². The third kappa shape index (κ3) is 1.40. The van der Waals surface area contributed by atoms with Crippen molar-refractivity contribution in [2.45, 2.75) is 31.0 Å². The van der Waals surface area contributed by atoms with E-state index in [9.17, 15) is 0 Å². The molecule has 4 rings (SSSR count). The molecule has 0 aromatic carbocycles. The highest BCUT2D eigenvalue weighted by Gasteiger charge is 2.42. The molecule has 0 amide bonds. The first-order valence-corrected chi connectivity index (χ1v) is 6.04. The monoisotopic (exact) mass is 213 g/mol. The van der Waals surface area contributed by atoms with Gasteiger partial charge in [-0.25, -0.2) is 0 Å². The molecule has 0 aliphatic carbocycles. The van der Waals surface area contributed by atoms with E-state index in [4.69, 9.17) is 0 Å². The van der Waals surface area contributed by atoms with Crippen LogP contribution in [0.4, 0.5) is 0 Å². The number of piperidine rings is 2. The number of thiol groups is 1. The van der Waals surface area contributed by atoms with E-state index in [-0.39, 0.29) is 0 Å². The van der Waals surface area contributed by atoms with Gasteiger partial charge < -0.3 is 4.90 Å². The standard InChI is InChI=1S/C10H19N3S/c1-11-4-9-3-2-8(11)7-13(9)10-5-12(14)6-10/h8-10,14H,2-7H2,1H3. The molecule has 0 radical (unpaired) electrons. The molecule has 2 unspecified atom stereocenters. The molecule has 0 aromatic heterocycles. The van der Waals surface area contributed by atoms with Gasteiger partial charge in [0.15, 0.2) is 0 Å².